The normalized spacial score (nSPS) is 15.6. The van der Waals surface area contributed by atoms with E-state index in [2.05, 4.69) is 6.92 Å². The first kappa shape index (κ1) is 18.6. The number of rotatable bonds is 5. The topological polar surface area (TPSA) is 51.5 Å². The van der Waals surface area contributed by atoms with E-state index >= 15 is 0 Å². The van der Waals surface area contributed by atoms with E-state index in [9.17, 15) is 9.59 Å². The lowest BCUT2D eigenvalue weighted by Crippen LogP contribution is -2.38. The molecule has 0 radical (unpaired) electrons. The van der Waals surface area contributed by atoms with Gasteiger partial charge in [0.05, 0.1) is 12.2 Å². The van der Waals surface area contributed by atoms with E-state index < -0.39 is 0 Å². The monoisotopic (exact) mass is 334 g/mol. The molecular formula is C19H30N2O3. The molecule has 0 bridgehead atoms. The molecule has 2 rings (SSSR count). The molecule has 0 aliphatic carbocycles. The van der Waals surface area contributed by atoms with Crippen molar-refractivity contribution in [3.05, 3.63) is 22.5 Å². The van der Waals surface area contributed by atoms with Gasteiger partial charge in [-0.25, -0.2) is 4.79 Å². The van der Waals surface area contributed by atoms with Crippen molar-refractivity contribution in [2.24, 2.45) is 13.0 Å². The van der Waals surface area contributed by atoms with Crippen molar-refractivity contribution in [3.8, 4) is 0 Å². The first-order chi connectivity index (χ1) is 11.4. The third-order valence-electron chi connectivity index (χ3n) is 5.27. The standard InChI is InChI=1S/C19H30N2O3/c1-6-24-19(23)18-14(3)16(20(5)15(18)4)7-8-17(22)21-11-9-13(2)10-12-21/h13H,6-12H2,1-5H3. The number of hydrogen-bond acceptors (Lipinski definition) is 3. The maximum Gasteiger partial charge on any atom is 0.340 e. The van der Waals surface area contributed by atoms with Crippen LogP contribution in [0.1, 0.15) is 60.4 Å². The van der Waals surface area contributed by atoms with E-state index in [0.29, 0.717) is 25.0 Å². The maximum absolute atomic E-state index is 12.5. The number of hydrogen-bond donors (Lipinski definition) is 0. The highest BCUT2D eigenvalue weighted by Crippen LogP contribution is 2.24. The molecule has 0 N–H and O–H groups in total. The smallest absolute Gasteiger partial charge is 0.340 e. The van der Waals surface area contributed by atoms with Crippen molar-refractivity contribution < 1.29 is 14.3 Å². The Morgan fingerprint density at radius 3 is 2.42 bits per heavy atom. The summed E-state index contributed by atoms with van der Waals surface area (Å²) in [6.07, 6.45) is 3.35. The zero-order chi connectivity index (χ0) is 17.9. The SMILES string of the molecule is CCOC(=O)c1c(C)c(CCC(=O)N2CCC(C)CC2)n(C)c1C. The molecule has 1 saturated heterocycles. The lowest BCUT2D eigenvalue weighted by molar-refractivity contribution is -0.132. The Hall–Kier alpha value is -1.78. The average molecular weight is 334 g/mol. The molecule has 5 nitrogen and oxygen atoms in total. The van der Waals surface area contributed by atoms with Gasteiger partial charge in [0.1, 0.15) is 0 Å². The summed E-state index contributed by atoms with van der Waals surface area (Å²) in [4.78, 5) is 26.6. The number of nitrogens with zero attached hydrogens (tertiary/aromatic N) is 2. The molecule has 1 amide bonds. The maximum atomic E-state index is 12.5. The van der Waals surface area contributed by atoms with E-state index in [1.165, 1.54) is 0 Å². The summed E-state index contributed by atoms with van der Waals surface area (Å²) in [6, 6.07) is 0. The molecule has 1 fully saturated rings. The van der Waals surface area contributed by atoms with Gasteiger partial charge in [-0.2, -0.15) is 0 Å². The molecule has 1 aliphatic heterocycles. The second-order valence-electron chi connectivity index (χ2n) is 6.87. The third kappa shape index (κ3) is 3.82. The van der Waals surface area contributed by atoms with Crippen LogP contribution < -0.4 is 0 Å². The summed E-state index contributed by atoms with van der Waals surface area (Å²) in [5.74, 6) is 0.669. The highest BCUT2D eigenvalue weighted by Gasteiger charge is 2.24. The van der Waals surface area contributed by atoms with Crippen molar-refractivity contribution in [2.45, 2.75) is 53.4 Å². The molecule has 0 aromatic carbocycles. The first-order valence-corrected chi connectivity index (χ1v) is 8.96. The number of ether oxygens (including phenoxy) is 1. The molecule has 0 unspecified atom stereocenters. The van der Waals surface area contributed by atoms with Crippen LogP contribution in [0, 0.1) is 19.8 Å². The van der Waals surface area contributed by atoms with E-state index in [-0.39, 0.29) is 11.9 Å². The summed E-state index contributed by atoms with van der Waals surface area (Å²) in [5, 5.41) is 0. The molecule has 1 aliphatic rings. The van der Waals surface area contributed by atoms with Crippen molar-refractivity contribution in [2.75, 3.05) is 19.7 Å². The minimum absolute atomic E-state index is 0.220. The number of esters is 1. The molecule has 0 saturated carbocycles. The first-order valence-electron chi connectivity index (χ1n) is 8.96. The quantitative estimate of drug-likeness (QED) is 0.778. The predicted octanol–water partition coefficient (Wildman–Crippen LogP) is 3.01. The number of carbonyl (C=O) groups is 2. The number of piperidine rings is 1. The van der Waals surface area contributed by atoms with Crippen molar-refractivity contribution >= 4 is 11.9 Å². The Bertz CT molecular complexity index is 611. The van der Waals surface area contributed by atoms with Gasteiger partial charge in [0, 0.05) is 37.9 Å². The fourth-order valence-corrected chi connectivity index (χ4v) is 3.54. The molecule has 1 aromatic heterocycles. The Morgan fingerprint density at radius 2 is 1.83 bits per heavy atom. The Labute approximate surface area is 145 Å². The van der Waals surface area contributed by atoms with Crippen LogP contribution >= 0.6 is 0 Å². The van der Waals surface area contributed by atoms with Gasteiger partial charge < -0.3 is 14.2 Å². The van der Waals surface area contributed by atoms with Crippen LogP contribution in [-0.2, 0) is 23.0 Å². The predicted molar refractivity (Wildman–Crippen MR) is 94.1 cm³/mol. The Morgan fingerprint density at radius 1 is 1.21 bits per heavy atom. The van der Waals surface area contributed by atoms with Crippen LogP contribution in [0.25, 0.3) is 0 Å². The Balaban J connectivity index is 2.06. The summed E-state index contributed by atoms with van der Waals surface area (Å²) < 4.78 is 7.18. The van der Waals surface area contributed by atoms with Crippen molar-refractivity contribution in [1.82, 2.24) is 9.47 Å². The van der Waals surface area contributed by atoms with Gasteiger partial charge in [0.15, 0.2) is 0 Å². The van der Waals surface area contributed by atoms with Gasteiger partial charge in [-0.1, -0.05) is 6.92 Å². The molecular weight excluding hydrogens is 304 g/mol. The van der Waals surface area contributed by atoms with Crippen molar-refractivity contribution in [1.29, 1.82) is 0 Å². The van der Waals surface area contributed by atoms with E-state index in [0.717, 1.165) is 48.8 Å². The van der Waals surface area contributed by atoms with Crippen LogP contribution in [0.5, 0.6) is 0 Å². The summed E-state index contributed by atoms with van der Waals surface area (Å²) in [5.41, 5.74) is 3.54. The minimum Gasteiger partial charge on any atom is -0.462 e. The molecule has 2 heterocycles. The summed E-state index contributed by atoms with van der Waals surface area (Å²) in [6.45, 7) is 10.0. The van der Waals surface area contributed by atoms with Crippen LogP contribution in [0.4, 0.5) is 0 Å². The number of aromatic nitrogens is 1. The van der Waals surface area contributed by atoms with Crippen LogP contribution in [0.2, 0.25) is 0 Å². The zero-order valence-electron chi connectivity index (χ0n) is 15.6. The van der Waals surface area contributed by atoms with Crippen LogP contribution in [0.15, 0.2) is 0 Å². The number of likely N-dealkylation sites (tertiary alicyclic amines) is 1. The second-order valence-corrected chi connectivity index (χ2v) is 6.87. The molecule has 24 heavy (non-hydrogen) atoms. The van der Waals surface area contributed by atoms with Gasteiger partial charge in [0.25, 0.3) is 0 Å². The van der Waals surface area contributed by atoms with E-state index in [1.807, 2.05) is 37.3 Å². The molecule has 134 valence electrons. The lowest BCUT2D eigenvalue weighted by Gasteiger charge is -2.30. The lowest BCUT2D eigenvalue weighted by atomic mass is 9.99. The van der Waals surface area contributed by atoms with Gasteiger partial charge in [-0.3, -0.25) is 4.79 Å². The Kier molecular flexibility index (Phi) is 6.08. The van der Waals surface area contributed by atoms with Crippen molar-refractivity contribution in [3.63, 3.8) is 0 Å². The fourth-order valence-electron chi connectivity index (χ4n) is 3.54. The van der Waals surface area contributed by atoms with E-state index in [4.69, 9.17) is 4.74 Å². The van der Waals surface area contributed by atoms with E-state index in [1.54, 1.807) is 0 Å². The highest BCUT2D eigenvalue weighted by atomic mass is 16.5. The second kappa shape index (κ2) is 7.86. The third-order valence-corrected chi connectivity index (χ3v) is 5.27. The molecule has 1 aromatic rings. The molecule has 0 atom stereocenters. The summed E-state index contributed by atoms with van der Waals surface area (Å²) in [7, 11) is 1.95. The largest absolute Gasteiger partial charge is 0.462 e. The zero-order valence-corrected chi connectivity index (χ0v) is 15.6. The van der Waals surface area contributed by atoms with Gasteiger partial charge in [-0.15, -0.1) is 0 Å². The highest BCUT2D eigenvalue weighted by molar-refractivity contribution is 5.93. The minimum atomic E-state index is -0.273. The fraction of sp³-hybridized carbons (Fsp3) is 0.684. The summed E-state index contributed by atoms with van der Waals surface area (Å²) >= 11 is 0. The number of amides is 1. The van der Waals surface area contributed by atoms with Gasteiger partial charge >= 0.3 is 5.97 Å². The number of carbonyl (C=O) groups excluding carboxylic acids is 2. The van der Waals surface area contributed by atoms with Gasteiger partial charge in [-0.05, 0) is 51.5 Å². The molecule has 0 spiro atoms. The van der Waals surface area contributed by atoms with Crippen LogP contribution in [-0.4, -0.2) is 41.0 Å². The molecule has 5 heteroatoms. The van der Waals surface area contributed by atoms with Crippen LogP contribution in [0.3, 0.4) is 0 Å². The van der Waals surface area contributed by atoms with Gasteiger partial charge in [0.2, 0.25) is 5.91 Å². The average Bonchev–Trinajstić information content (AvgIpc) is 2.76.